The molecule has 0 radical (unpaired) electrons. The Bertz CT molecular complexity index is 1180. The van der Waals surface area contributed by atoms with Gasteiger partial charge in [-0.15, -0.1) is 13.2 Å². The fraction of sp³-hybridized carbons (Fsp3) is 0.296. The second kappa shape index (κ2) is 12.6. The van der Waals surface area contributed by atoms with E-state index in [1.807, 2.05) is 31.2 Å². The van der Waals surface area contributed by atoms with Gasteiger partial charge in [-0.1, -0.05) is 37.3 Å². The molecule has 0 aliphatic carbocycles. The van der Waals surface area contributed by atoms with Crippen LogP contribution in [0.25, 0.3) is 0 Å². The van der Waals surface area contributed by atoms with E-state index in [4.69, 9.17) is 0 Å². The lowest BCUT2D eigenvalue weighted by Crippen LogP contribution is -2.48. The molecule has 0 aliphatic rings. The van der Waals surface area contributed by atoms with E-state index in [1.165, 1.54) is 12.1 Å². The third-order valence-electron chi connectivity index (χ3n) is 5.57. The Labute approximate surface area is 211 Å². The van der Waals surface area contributed by atoms with Crippen LogP contribution in [-0.4, -0.2) is 36.1 Å². The van der Waals surface area contributed by atoms with Crippen molar-refractivity contribution in [2.24, 2.45) is 0 Å². The van der Waals surface area contributed by atoms with Gasteiger partial charge in [0.25, 0.3) is 5.91 Å². The molecule has 2 atom stereocenters. The lowest BCUT2D eigenvalue weighted by molar-refractivity contribution is -0.274. The first-order valence-corrected chi connectivity index (χ1v) is 11.6. The number of aliphatic hydroxyl groups is 1. The number of carbonyl (C=O) groups excluding carboxylic acids is 1. The number of halogens is 5. The summed E-state index contributed by atoms with van der Waals surface area (Å²) in [4.78, 5) is 12.8. The lowest BCUT2D eigenvalue weighted by Gasteiger charge is -2.25. The molecule has 5 nitrogen and oxygen atoms in total. The molecule has 0 heterocycles. The average molecular weight is 523 g/mol. The summed E-state index contributed by atoms with van der Waals surface area (Å²) in [6.07, 6.45) is -5.39. The second-order valence-electron chi connectivity index (χ2n) is 8.51. The van der Waals surface area contributed by atoms with Crippen molar-refractivity contribution in [2.45, 2.75) is 44.8 Å². The molecule has 10 heteroatoms. The highest BCUT2D eigenvalue weighted by atomic mass is 19.4. The van der Waals surface area contributed by atoms with Gasteiger partial charge >= 0.3 is 6.36 Å². The van der Waals surface area contributed by atoms with Gasteiger partial charge in [0.1, 0.15) is 17.4 Å². The maximum atomic E-state index is 13.7. The quantitative estimate of drug-likeness (QED) is 0.313. The number of rotatable bonds is 11. The van der Waals surface area contributed by atoms with Gasteiger partial charge in [0, 0.05) is 24.7 Å². The summed E-state index contributed by atoms with van der Waals surface area (Å²) in [6, 6.07) is 14.2. The van der Waals surface area contributed by atoms with Gasteiger partial charge in [-0.2, -0.15) is 0 Å². The van der Waals surface area contributed by atoms with E-state index in [0.717, 1.165) is 41.8 Å². The molecule has 3 aromatic rings. The number of alkyl halides is 3. The maximum Gasteiger partial charge on any atom is 0.573 e. The summed E-state index contributed by atoms with van der Waals surface area (Å²) in [6.45, 7) is 2.48. The molecule has 1 amide bonds. The SMILES string of the molecule is CCc1cccc(CNCC(O)C(Cc2cc(F)cc(F)c2)NC(=O)c2cccc(OC(F)(F)F)c2)c1. The van der Waals surface area contributed by atoms with Gasteiger partial charge in [0.15, 0.2) is 0 Å². The van der Waals surface area contributed by atoms with Gasteiger partial charge < -0.3 is 20.5 Å². The number of nitrogens with one attached hydrogen (secondary N) is 2. The van der Waals surface area contributed by atoms with Crippen LogP contribution in [0.1, 0.15) is 34.0 Å². The molecule has 0 bridgehead atoms. The summed E-state index contributed by atoms with van der Waals surface area (Å²) in [5.41, 5.74) is 2.18. The van der Waals surface area contributed by atoms with Crippen LogP contribution >= 0.6 is 0 Å². The summed E-state index contributed by atoms with van der Waals surface area (Å²) in [7, 11) is 0. The van der Waals surface area contributed by atoms with Crippen LogP contribution in [-0.2, 0) is 19.4 Å². The molecule has 3 rings (SSSR count). The highest BCUT2D eigenvalue weighted by Gasteiger charge is 2.31. The Balaban J connectivity index is 1.73. The molecule has 198 valence electrons. The fourth-order valence-corrected chi connectivity index (χ4v) is 3.82. The molecule has 0 aromatic heterocycles. The monoisotopic (exact) mass is 522 g/mol. The number of aliphatic hydroxyl groups excluding tert-OH is 1. The van der Waals surface area contributed by atoms with Gasteiger partial charge in [-0.25, -0.2) is 8.78 Å². The van der Waals surface area contributed by atoms with Crippen molar-refractivity contribution in [3.8, 4) is 5.75 Å². The summed E-state index contributed by atoms with van der Waals surface area (Å²) in [5.74, 6) is -3.01. The molecule has 0 saturated heterocycles. The number of hydrogen-bond acceptors (Lipinski definition) is 4. The summed E-state index contributed by atoms with van der Waals surface area (Å²) < 4.78 is 69.0. The van der Waals surface area contributed by atoms with Crippen molar-refractivity contribution in [3.05, 3.63) is 101 Å². The highest BCUT2D eigenvalue weighted by Crippen LogP contribution is 2.23. The molecule has 0 fully saturated rings. The van der Waals surface area contributed by atoms with Gasteiger partial charge in [-0.05, 0) is 59.9 Å². The molecule has 2 unspecified atom stereocenters. The Morgan fingerprint density at radius 3 is 2.30 bits per heavy atom. The zero-order valence-corrected chi connectivity index (χ0v) is 20.0. The predicted octanol–water partition coefficient (Wildman–Crippen LogP) is 4.92. The number of hydrogen-bond donors (Lipinski definition) is 3. The minimum atomic E-state index is -4.93. The van der Waals surface area contributed by atoms with Crippen LogP contribution < -0.4 is 15.4 Å². The topological polar surface area (TPSA) is 70.6 Å². The number of benzene rings is 3. The third kappa shape index (κ3) is 9.14. The van der Waals surface area contributed by atoms with E-state index < -0.39 is 41.8 Å². The van der Waals surface area contributed by atoms with E-state index in [1.54, 1.807) is 0 Å². The fourth-order valence-electron chi connectivity index (χ4n) is 3.82. The minimum Gasteiger partial charge on any atom is -0.406 e. The van der Waals surface area contributed by atoms with Crippen LogP contribution in [0.3, 0.4) is 0 Å². The van der Waals surface area contributed by atoms with Crippen molar-refractivity contribution in [2.75, 3.05) is 6.54 Å². The molecule has 3 N–H and O–H groups in total. The zero-order chi connectivity index (χ0) is 27.0. The molecule has 0 aliphatic heterocycles. The van der Waals surface area contributed by atoms with Crippen molar-refractivity contribution in [1.82, 2.24) is 10.6 Å². The average Bonchev–Trinajstić information content (AvgIpc) is 2.82. The molecular weight excluding hydrogens is 495 g/mol. The van der Waals surface area contributed by atoms with Crippen molar-refractivity contribution in [1.29, 1.82) is 0 Å². The lowest BCUT2D eigenvalue weighted by atomic mass is 10.00. The third-order valence-corrected chi connectivity index (χ3v) is 5.57. The van der Waals surface area contributed by atoms with Crippen molar-refractivity contribution < 1.29 is 36.6 Å². The number of carbonyl (C=O) groups is 1. The summed E-state index contributed by atoms with van der Waals surface area (Å²) in [5, 5.41) is 16.5. The molecule has 3 aromatic carbocycles. The van der Waals surface area contributed by atoms with Crippen molar-refractivity contribution >= 4 is 5.91 Å². The maximum absolute atomic E-state index is 13.7. The van der Waals surface area contributed by atoms with E-state index in [0.29, 0.717) is 12.6 Å². The largest absolute Gasteiger partial charge is 0.573 e. The van der Waals surface area contributed by atoms with Crippen LogP contribution in [0.4, 0.5) is 22.0 Å². The minimum absolute atomic E-state index is 0.0241. The van der Waals surface area contributed by atoms with Gasteiger partial charge in [0.2, 0.25) is 0 Å². The van der Waals surface area contributed by atoms with E-state index >= 15 is 0 Å². The molecule has 0 spiro atoms. The van der Waals surface area contributed by atoms with Crippen molar-refractivity contribution in [3.63, 3.8) is 0 Å². The van der Waals surface area contributed by atoms with Crippen LogP contribution in [0, 0.1) is 11.6 Å². The Kier molecular flexibility index (Phi) is 9.60. The number of amides is 1. The molecule has 0 saturated carbocycles. The van der Waals surface area contributed by atoms with E-state index in [-0.39, 0.29) is 24.1 Å². The Morgan fingerprint density at radius 1 is 0.946 bits per heavy atom. The van der Waals surface area contributed by atoms with E-state index in [2.05, 4.69) is 15.4 Å². The predicted molar refractivity (Wildman–Crippen MR) is 128 cm³/mol. The molecule has 37 heavy (non-hydrogen) atoms. The van der Waals surface area contributed by atoms with Crippen LogP contribution in [0.5, 0.6) is 5.75 Å². The highest BCUT2D eigenvalue weighted by molar-refractivity contribution is 5.94. The van der Waals surface area contributed by atoms with Gasteiger partial charge in [0.05, 0.1) is 12.1 Å². The first-order valence-electron chi connectivity index (χ1n) is 11.6. The number of aryl methyl sites for hydroxylation is 1. The van der Waals surface area contributed by atoms with Crippen LogP contribution in [0.2, 0.25) is 0 Å². The zero-order valence-electron chi connectivity index (χ0n) is 20.0. The number of ether oxygens (including phenoxy) is 1. The Hall–Kier alpha value is -3.50. The van der Waals surface area contributed by atoms with Crippen LogP contribution in [0.15, 0.2) is 66.7 Å². The first kappa shape index (κ1) is 28.1. The normalized spacial score (nSPS) is 13.2. The van der Waals surface area contributed by atoms with Gasteiger partial charge in [-0.3, -0.25) is 4.79 Å². The smallest absolute Gasteiger partial charge is 0.406 e. The second-order valence-corrected chi connectivity index (χ2v) is 8.51. The molecular formula is C27H27F5N2O3. The van der Waals surface area contributed by atoms with E-state index in [9.17, 15) is 31.9 Å². The first-order chi connectivity index (χ1) is 17.5. The Morgan fingerprint density at radius 2 is 1.62 bits per heavy atom. The summed E-state index contributed by atoms with van der Waals surface area (Å²) >= 11 is 0. The standard InChI is InChI=1S/C27H27F5N2O3/c1-2-17-5-3-6-18(9-17)15-33-16-25(35)24(12-19-10-21(28)14-22(29)11-19)34-26(36)20-7-4-8-23(13-20)37-27(30,31)32/h3-11,13-14,24-25,33,35H,2,12,15-16H2,1H3,(H,34,36).